The minimum atomic E-state index is -0.274. The van der Waals surface area contributed by atoms with Crippen molar-refractivity contribution >= 4 is 12.0 Å². The Morgan fingerprint density at radius 2 is 1.89 bits per heavy atom. The zero-order valence-corrected chi connectivity index (χ0v) is 11.3. The third kappa shape index (κ3) is 8.53. The molecule has 3 heteroatoms. The fraction of sp³-hybridized carbons (Fsp3) is 0.400. The molecule has 1 aromatic rings. The first kappa shape index (κ1) is 16.4. The largest absolute Gasteiger partial charge is 0.463 e. The van der Waals surface area contributed by atoms with Gasteiger partial charge in [-0.15, -0.1) is 0 Å². The Hall–Kier alpha value is -1.61. The van der Waals surface area contributed by atoms with Crippen LogP contribution in [0.4, 0.5) is 0 Å². The van der Waals surface area contributed by atoms with Crippen molar-refractivity contribution in [1.82, 2.24) is 0 Å². The van der Waals surface area contributed by atoms with Gasteiger partial charge in [-0.05, 0) is 24.0 Å². The molecule has 0 aliphatic carbocycles. The monoisotopic (exact) mass is 250 g/mol. The molecule has 0 bridgehead atoms. The van der Waals surface area contributed by atoms with Crippen LogP contribution in [0.2, 0.25) is 0 Å². The van der Waals surface area contributed by atoms with Gasteiger partial charge in [-0.3, -0.25) is 0 Å². The summed E-state index contributed by atoms with van der Waals surface area (Å²) in [5.74, 6) is 0.287. The van der Waals surface area contributed by atoms with E-state index in [0.29, 0.717) is 12.5 Å². The van der Waals surface area contributed by atoms with E-state index < -0.39 is 0 Å². The summed E-state index contributed by atoms with van der Waals surface area (Å²) in [7, 11) is 1.00. The Labute approximate surface area is 109 Å². The molecule has 1 rings (SSSR count). The molecule has 3 nitrogen and oxygen atoms in total. The Morgan fingerprint density at radius 3 is 2.44 bits per heavy atom. The number of carbonyl (C=O) groups is 1. The lowest BCUT2D eigenvalue weighted by Gasteiger charge is -2.03. The number of hydrogen-bond acceptors (Lipinski definition) is 3. The normalized spacial score (nSPS) is 10.1. The summed E-state index contributed by atoms with van der Waals surface area (Å²) < 4.78 is 5.05. The van der Waals surface area contributed by atoms with Crippen LogP contribution in [-0.2, 0) is 9.53 Å². The quantitative estimate of drug-likeness (QED) is 0.645. The van der Waals surface area contributed by atoms with E-state index in [-0.39, 0.29) is 5.97 Å². The van der Waals surface area contributed by atoms with Gasteiger partial charge in [0.15, 0.2) is 0 Å². The summed E-state index contributed by atoms with van der Waals surface area (Å²) in [5, 5.41) is 7.00. The SMILES string of the molecule is CC(C)CCOC(=O)C=Cc1ccccc1.CO. The number of esters is 1. The van der Waals surface area contributed by atoms with Crippen molar-refractivity contribution in [3.05, 3.63) is 42.0 Å². The van der Waals surface area contributed by atoms with Crippen LogP contribution in [-0.4, -0.2) is 24.8 Å². The highest BCUT2D eigenvalue weighted by Gasteiger charge is 1.98. The highest BCUT2D eigenvalue weighted by Crippen LogP contribution is 2.02. The van der Waals surface area contributed by atoms with Crippen LogP contribution in [0.15, 0.2) is 36.4 Å². The highest BCUT2D eigenvalue weighted by molar-refractivity contribution is 5.86. The number of benzene rings is 1. The fourth-order valence-corrected chi connectivity index (χ4v) is 1.17. The zero-order valence-electron chi connectivity index (χ0n) is 11.3. The van der Waals surface area contributed by atoms with Crippen molar-refractivity contribution < 1.29 is 14.6 Å². The highest BCUT2D eigenvalue weighted by atomic mass is 16.5. The van der Waals surface area contributed by atoms with Crippen LogP contribution in [0.3, 0.4) is 0 Å². The van der Waals surface area contributed by atoms with Crippen LogP contribution in [0.25, 0.3) is 6.08 Å². The fourth-order valence-electron chi connectivity index (χ4n) is 1.17. The number of aliphatic hydroxyl groups is 1. The summed E-state index contributed by atoms with van der Waals surface area (Å²) >= 11 is 0. The molecular formula is C15H22O3. The molecule has 1 N–H and O–H groups in total. The number of hydrogen-bond donors (Lipinski definition) is 1. The van der Waals surface area contributed by atoms with Gasteiger partial charge in [0.2, 0.25) is 0 Å². The van der Waals surface area contributed by atoms with Crippen molar-refractivity contribution in [3.63, 3.8) is 0 Å². The smallest absolute Gasteiger partial charge is 0.330 e. The number of ether oxygens (including phenoxy) is 1. The lowest BCUT2D eigenvalue weighted by atomic mass is 10.1. The molecule has 0 unspecified atom stereocenters. The van der Waals surface area contributed by atoms with E-state index in [1.165, 1.54) is 6.08 Å². The zero-order chi connectivity index (χ0) is 13.8. The van der Waals surface area contributed by atoms with Gasteiger partial charge < -0.3 is 9.84 Å². The van der Waals surface area contributed by atoms with Crippen molar-refractivity contribution in [2.24, 2.45) is 5.92 Å². The Balaban J connectivity index is 0.00000137. The van der Waals surface area contributed by atoms with Crippen molar-refractivity contribution in [2.75, 3.05) is 13.7 Å². The maximum Gasteiger partial charge on any atom is 0.330 e. The molecule has 0 fully saturated rings. The van der Waals surface area contributed by atoms with Gasteiger partial charge >= 0.3 is 5.97 Å². The van der Waals surface area contributed by atoms with E-state index >= 15 is 0 Å². The number of carbonyl (C=O) groups excluding carboxylic acids is 1. The molecule has 0 radical (unpaired) electrons. The topological polar surface area (TPSA) is 46.5 Å². The number of rotatable bonds is 5. The standard InChI is InChI=1S/C14H18O2.CH4O/c1-12(2)10-11-16-14(15)9-8-13-6-4-3-5-7-13;1-2/h3-9,12H,10-11H2,1-2H3;2H,1H3. The first-order chi connectivity index (χ1) is 8.68. The van der Waals surface area contributed by atoms with Gasteiger partial charge in [0, 0.05) is 13.2 Å². The maximum atomic E-state index is 11.3. The number of aliphatic hydroxyl groups excluding tert-OH is 1. The van der Waals surface area contributed by atoms with E-state index in [1.54, 1.807) is 6.08 Å². The van der Waals surface area contributed by atoms with Crippen LogP contribution < -0.4 is 0 Å². The van der Waals surface area contributed by atoms with Crippen LogP contribution in [0, 0.1) is 5.92 Å². The van der Waals surface area contributed by atoms with Crippen molar-refractivity contribution in [1.29, 1.82) is 0 Å². The summed E-state index contributed by atoms with van der Waals surface area (Å²) in [4.78, 5) is 11.3. The molecule has 0 aliphatic rings. The minimum Gasteiger partial charge on any atom is -0.463 e. The minimum absolute atomic E-state index is 0.274. The third-order valence-electron chi connectivity index (χ3n) is 2.15. The predicted octanol–water partition coefficient (Wildman–Crippen LogP) is 2.90. The van der Waals surface area contributed by atoms with Gasteiger partial charge in [-0.25, -0.2) is 4.79 Å². The molecule has 18 heavy (non-hydrogen) atoms. The summed E-state index contributed by atoms with van der Waals surface area (Å²) in [6.07, 6.45) is 4.14. The molecule has 0 atom stereocenters. The average molecular weight is 250 g/mol. The van der Waals surface area contributed by atoms with Crippen LogP contribution in [0.1, 0.15) is 25.8 Å². The molecule has 0 aromatic heterocycles. The second kappa shape index (κ2) is 10.5. The third-order valence-corrected chi connectivity index (χ3v) is 2.15. The lowest BCUT2D eigenvalue weighted by molar-refractivity contribution is -0.137. The van der Waals surface area contributed by atoms with E-state index in [2.05, 4.69) is 13.8 Å². The molecule has 0 saturated heterocycles. The summed E-state index contributed by atoms with van der Waals surface area (Å²) in [6.45, 7) is 4.71. The molecule has 1 aromatic carbocycles. The Morgan fingerprint density at radius 1 is 1.28 bits per heavy atom. The second-order valence-corrected chi connectivity index (χ2v) is 4.09. The van der Waals surface area contributed by atoms with Gasteiger partial charge in [-0.2, -0.15) is 0 Å². The predicted molar refractivity (Wildman–Crippen MR) is 74.0 cm³/mol. The van der Waals surface area contributed by atoms with E-state index in [0.717, 1.165) is 19.1 Å². The molecule has 0 aliphatic heterocycles. The van der Waals surface area contributed by atoms with E-state index in [9.17, 15) is 4.79 Å². The van der Waals surface area contributed by atoms with Crippen LogP contribution in [0.5, 0.6) is 0 Å². The van der Waals surface area contributed by atoms with E-state index in [4.69, 9.17) is 9.84 Å². The average Bonchev–Trinajstić information content (AvgIpc) is 2.39. The van der Waals surface area contributed by atoms with Crippen molar-refractivity contribution in [3.8, 4) is 0 Å². The molecule has 0 amide bonds. The van der Waals surface area contributed by atoms with E-state index in [1.807, 2.05) is 30.3 Å². The first-order valence-corrected chi connectivity index (χ1v) is 6.03. The van der Waals surface area contributed by atoms with Crippen LogP contribution >= 0.6 is 0 Å². The first-order valence-electron chi connectivity index (χ1n) is 6.03. The molecular weight excluding hydrogens is 228 g/mol. The van der Waals surface area contributed by atoms with Gasteiger partial charge in [-0.1, -0.05) is 44.2 Å². The lowest BCUT2D eigenvalue weighted by Crippen LogP contribution is -2.04. The summed E-state index contributed by atoms with van der Waals surface area (Å²) in [6, 6.07) is 9.70. The Bertz CT molecular complexity index is 342. The van der Waals surface area contributed by atoms with Gasteiger partial charge in [0.1, 0.15) is 0 Å². The second-order valence-electron chi connectivity index (χ2n) is 4.09. The Kier molecular flexibility index (Phi) is 9.60. The molecule has 100 valence electrons. The summed E-state index contributed by atoms with van der Waals surface area (Å²) in [5.41, 5.74) is 1.00. The van der Waals surface area contributed by atoms with Gasteiger partial charge in [0.05, 0.1) is 6.61 Å². The molecule has 0 saturated carbocycles. The molecule has 0 spiro atoms. The molecule has 0 heterocycles. The maximum absolute atomic E-state index is 11.3. The van der Waals surface area contributed by atoms with Crippen molar-refractivity contribution in [2.45, 2.75) is 20.3 Å². The van der Waals surface area contributed by atoms with Gasteiger partial charge in [0.25, 0.3) is 0 Å².